The van der Waals surface area contributed by atoms with Crippen LogP contribution in [0, 0.1) is 0 Å². The molecule has 1 aliphatic carbocycles. The topological polar surface area (TPSA) is 26.3 Å². The first-order valence-corrected chi connectivity index (χ1v) is 5.35. The van der Waals surface area contributed by atoms with E-state index in [1.54, 1.807) is 0 Å². The van der Waals surface area contributed by atoms with Gasteiger partial charge in [-0.25, -0.2) is 4.79 Å². The Hall–Kier alpha value is -1.52. The first-order chi connectivity index (χ1) is 7.98. The quantitative estimate of drug-likeness (QED) is 0.745. The summed E-state index contributed by atoms with van der Waals surface area (Å²) in [5, 5.41) is 0. The molecular formula is C12H11F3O2. The highest BCUT2D eigenvalue weighted by Crippen LogP contribution is 2.33. The van der Waals surface area contributed by atoms with Gasteiger partial charge in [0.2, 0.25) is 0 Å². The predicted octanol–water partition coefficient (Wildman–Crippen LogP) is 3.41. The monoisotopic (exact) mass is 244 g/mol. The number of rotatable bonds is 2. The van der Waals surface area contributed by atoms with Crippen LogP contribution in [0.4, 0.5) is 13.2 Å². The highest BCUT2D eigenvalue weighted by atomic mass is 19.4. The molecule has 1 aromatic rings. The molecule has 1 aromatic carbocycles. The van der Waals surface area contributed by atoms with Gasteiger partial charge in [0, 0.05) is 0 Å². The van der Waals surface area contributed by atoms with Gasteiger partial charge >= 0.3 is 12.1 Å². The minimum atomic E-state index is -4.53. The zero-order valence-corrected chi connectivity index (χ0v) is 8.96. The molecule has 0 heterocycles. The van der Waals surface area contributed by atoms with Crippen LogP contribution in [0.25, 0.3) is 0 Å². The third-order valence-electron chi connectivity index (χ3n) is 2.78. The maximum absolute atomic E-state index is 12.6. The SMILES string of the molecule is O=C(OC1CCC1)c1ccccc1C(F)(F)F. The Balaban J connectivity index is 2.21. The molecule has 0 atom stereocenters. The molecule has 92 valence electrons. The summed E-state index contributed by atoms with van der Waals surface area (Å²) in [7, 11) is 0. The van der Waals surface area contributed by atoms with Gasteiger partial charge in [0.15, 0.2) is 0 Å². The van der Waals surface area contributed by atoms with Crippen LogP contribution < -0.4 is 0 Å². The number of carbonyl (C=O) groups is 1. The average Bonchev–Trinajstić information content (AvgIpc) is 2.22. The first-order valence-electron chi connectivity index (χ1n) is 5.35. The van der Waals surface area contributed by atoms with Crippen LogP contribution in [0.2, 0.25) is 0 Å². The molecule has 5 heteroatoms. The van der Waals surface area contributed by atoms with Crippen molar-refractivity contribution in [2.45, 2.75) is 31.5 Å². The molecule has 0 bridgehead atoms. The molecule has 1 aliphatic rings. The molecule has 0 saturated heterocycles. The normalized spacial score (nSPS) is 16.4. The molecule has 1 saturated carbocycles. The fourth-order valence-corrected chi connectivity index (χ4v) is 1.61. The van der Waals surface area contributed by atoms with Crippen molar-refractivity contribution in [3.05, 3.63) is 35.4 Å². The van der Waals surface area contributed by atoms with E-state index in [0.29, 0.717) is 0 Å². The second-order valence-electron chi connectivity index (χ2n) is 4.00. The lowest BCUT2D eigenvalue weighted by atomic mass is 9.96. The lowest BCUT2D eigenvalue weighted by Gasteiger charge is -2.25. The maximum Gasteiger partial charge on any atom is 0.417 e. The average molecular weight is 244 g/mol. The van der Waals surface area contributed by atoms with E-state index < -0.39 is 23.3 Å². The van der Waals surface area contributed by atoms with E-state index >= 15 is 0 Å². The van der Waals surface area contributed by atoms with Crippen LogP contribution in [-0.4, -0.2) is 12.1 Å². The Morgan fingerprint density at radius 2 is 1.88 bits per heavy atom. The molecule has 0 aliphatic heterocycles. The Bertz CT molecular complexity index is 422. The summed E-state index contributed by atoms with van der Waals surface area (Å²) in [6.45, 7) is 0. The number of halogens is 3. The maximum atomic E-state index is 12.6. The number of benzene rings is 1. The fourth-order valence-electron chi connectivity index (χ4n) is 1.61. The van der Waals surface area contributed by atoms with Crippen molar-refractivity contribution in [2.75, 3.05) is 0 Å². The number of carbonyl (C=O) groups excluding carboxylic acids is 1. The lowest BCUT2D eigenvalue weighted by molar-refractivity contribution is -0.138. The second kappa shape index (κ2) is 4.39. The van der Waals surface area contributed by atoms with Gasteiger partial charge in [-0.1, -0.05) is 12.1 Å². The van der Waals surface area contributed by atoms with Crippen LogP contribution >= 0.6 is 0 Å². The lowest BCUT2D eigenvalue weighted by Crippen LogP contribution is -2.26. The van der Waals surface area contributed by atoms with E-state index in [1.807, 2.05) is 0 Å². The Morgan fingerprint density at radius 1 is 1.24 bits per heavy atom. The van der Waals surface area contributed by atoms with Gasteiger partial charge in [0.1, 0.15) is 6.10 Å². The molecule has 0 unspecified atom stereocenters. The van der Waals surface area contributed by atoms with Gasteiger partial charge in [-0.2, -0.15) is 13.2 Å². The largest absolute Gasteiger partial charge is 0.459 e. The Labute approximate surface area is 96.4 Å². The summed E-state index contributed by atoms with van der Waals surface area (Å²) in [6.07, 6.45) is -2.32. The number of hydrogen-bond donors (Lipinski definition) is 0. The zero-order valence-electron chi connectivity index (χ0n) is 8.96. The standard InChI is InChI=1S/C12H11F3O2/c13-12(14,15)10-7-2-1-6-9(10)11(16)17-8-4-3-5-8/h1-2,6-8H,3-5H2. The number of alkyl halides is 3. The molecule has 2 rings (SSSR count). The predicted molar refractivity (Wildman–Crippen MR) is 54.5 cm³/mol. The van der Waals surface area contributed by atoms with Gasteiger partial charge in [-0.15, -0.1) is 0 Å². The summed E-state index contributed by atoms with van der Waals surface area (Å²) in [5.41, 5.74) is -1.35. The molecular weight excluding hydrogens is 233 g/mol. The van der Waals surface area contributed by atoms with Crippen LogP contribution in [-0.2, 0) is 10.9 Å². The van der Waals surface area contributed by atoms with Gasteiger partial charge in [0.05, 0.1) is 11.1 Å². The molecule has 0 spiro atoms. The van der Waals surface area contributed by atoms with E-state index in [9.17, 15) is 18.0 Å². The summed E-state index contributed by atoms with van der Waals surface area (Å²) in [6, 6.07) is 4.68. The highest BCUT2D eigenvalue weighted by Gasteiger charge is 2.36. The number of ether oxygens (including phenoxy) is 1. The van der Waals surface area contributed by atoms with E-state index in [0.717, 1.165) is 31.4 Å². The van der Waals surface area contributed by atoms with E-state index in [4.69, 9.17) is 4.74 Å². The van der Waals surface area contributed by atoms with Crippen LogP contribution in [0.1, 0.15) is 35.2 Å². The van der Waals surface area contributed by atoms with Crippen molar-refractivity contribution in [2.24, 2.45) is 0 Å². The van der Waals surface area contributed by atoms with Gasteiger partial charge in [-0.05, 0) is 31.4 Å². The van der Waals surface area contributed by atoms with Crippen LogP contribution in [0.5, 0.6) is 0 Å². The van der Waals surface area contributed by atoms with E-state index in [1.165, 1.54) is 12.1 Å². The van der Waals surface area contributed by atoms with Crippen molar-refractivity contribution < 1.29 is 22.7 Å². The minimum Gasteiger partial charge on any atom is -0.459 e. The number of hydrogen-bond acceptors (Lipinski definition) is 2. The number of esters is 1. The van der Waals surface area contributed by atoms with Crippen molar-refractivity contribution in [3.8, 4) is 0 Å². The van der Waals surface area contributed by atoms with E-state index in [-0.39, 0.29) is 6.10 Å². The van der Waals surface area contributed by atoms with Gasteiger partial charge in [0.25, 0.3) is 0 Å². The fraction of sp³-hybridized carbons (Fsp3) is 0.417. The van der Waals surface area contributed by atoms with Crippen LogP contribution in [0.15, 0.2) is 24.3 Å². The third kappa shape index (κ3) is 2.60. The summed E-state index contributed by atoms with van der Waals surface area (Å²) in [4.78, 5) is 11.6. The van der Waals surface area contributed by atoms with Gasteiger partial charge in [-0.3, -0.25) is 0 Å². The van der Waals surface area contributed by atoms with Crippen molar-refractivity contribution >= 4 is 5.97 Å². The third-order valence-corrected chi connectivity index (χ3v) is 2.78. The first kappa shape index (κ1) is 12.0. The molecule has 1 fully saturated rings. The molecule has 0 radical (unpaired) electrons. The molecule has 0 amide bonds. The second-order valence-corrected chi connectivity index (χ2v) is 4.00. The molecule has 17 heavy (non-hydrogen) atoms. The summed E-state index contributed by atoms with van der Waals surface area (Å²) in [5.74, 6) is -0.886. The molecule has 0 N–H and O–H groups in total. The Kier molecular flexibility index (Phi) is 3.09. The van der Waals surface area contributed by atoms with Crippen molar-refractivity contribution in [3.63, 3.8) is 0 Å². The molecule has 0 aromatic heterocycles. The van der Waals surface area contributed by atoms with Crippen LogP contribution in [0.3, 0.4) is 0 Å². The highest BCUT2D eigenvalue weighted by molar-refractivity contribution is 5.91. The Morgan fingerprint density at radius 3 is 2.41 bits per heavy atom. The minimum absolute atomic E-state index is 0.219. The summed E-state index contributed by atoms with van der Waals surface area (Å²) >= 11 is 0. The van der Waals surface area contributed by atoms with Gasteiger partial charge < -0.3 is 4.74 Å². The van der Waals surface area contributed by atoms with Crippen molar-refractivity contribution in [1.82, 2.24) is 0 Å². The smallest absolute Gasteiger partial charge is 0.417 e. The van der Waals surface area contributed by atoms with E-state index in [2.05, 4.69) is 0 Å². The zero-order chi connectivity index (χ0) is 12.5. The summed E-state index contributed by atoms with van der Waals surface area (Å²) < 4.78 is 42.9. The molecule has 2 nitrogen and oxygen atoms in total. The van der Waals surface area contributed by atoms with Crippen molar-refractivity contribution in [1.29, 1.82) is 0 Å².